The fourth-order valence-electron chi connectivity index (χ4n) is 1.21. The van der Waals surface area contributed by atoms with Crippen LogP contribution in [0.4, 0.5) is 4.79 Å². The van der Waals surface area contributed by atoms with Crippen molar-refractivity contribution in [1.29, 1.82) is 0 Å². The van der Waals surface area contributed by atoms with E-state index in [9.17, 15) is 9.59 Å². The summed E-state index contributed by atoms with van der Waals surface area (Å²) in [6.07, 6.45) is 3.54. The van der Waals surface area contributed by atoms with Gasteiger partial charge in [0.05, 0.1) is 7.11 Å². The molecule has 6 nitrogen and oxygen atoms in total. The van der Waals surface area contributed by atoms with Crippen LogP contribution in [-0.4, -0.2) is 37.7 Å². The van der Waals surface area contributed by atoms with Gasteiger partial charge >= 0.3 is 6.09 Å². The summed E-state index contributed by atoms with van der Waals surface area (Å²) >= 11 is 0. The number of nitrogens with one attached hydrogen (secondary N) is 2. The number of nitrogens with zero attached hydrogens (tertiary/aromatic N) is 1. The average Bonchev–Trinajstić information content (AvgIpc) is 2.25. The third-order valence-electron chi connectivity index (χ3n) is 2.13. The van der Waals surface area contributed by atoms with Gasteiger partial charge in [-0.1, -0.05) is 12.8 Å². The number of hydrogen-bond acceptors (Lipinski definition) is 4. The van der Waals surface area contributed by atoms with E-state index in [0.29, 0.717) is 13.0 Å². The summed E-state index contributed by atoms with van der Waals surface area (Å²) in [5, 5.41) is 1.30. The first-order valence-electron chi connectivity index (χ1n) is 5.37. The Labute approximate surface area is 96.1 Å². The Balaban J connectivity index is 3.27. The van der Waals surface area contributed by atoms with Gasteiger partial charge in [0.15, 0.2) is 0 Å². The molecule has 2 N–H and O–H groups in total. The molecule has 0 fully saturated rings. The molecule has 0 heterocycles. The van der Waals surface area contributed by atoms with Crippen molar-refractivity contribution >= 4 is 12.0 Å². The van der Waals surface area contributed by atoms with Crippen molar-refractivity contribution in [1.82, 2.24) is 16.2 Å². The van der Waals surface area contributed by atoms with Gasteiger partial charge in [0.25, 0.3) is 0 Å². The lowest BCUT2D eigenvalue weighted by Crippen LogP contribution is -2.39. The van der Waals surface area contributed by atoms with Crippen molar-refractivity contribution in [2.45, 2.75) is 32.1 Å². The van der Waals surface area contributed by atoms with Crippen LogP contribution in [0, 0.1) is 0 Å². The second kappa shape index (κ2) is 8.96. The number of hydrogen-bond donors (Lipinski definition) is 1. The van der Waals surface area contributed by atoms with Gasteiger partial charge in [-0.2, -0.15) is 0 Å². The van der Waals surface area contributed by atoms with E-state index in [1.54, 1.807) is 7.05 Å². The van der Waals surface area contributed by atoms with E-state index >= 15 is 0 Å². The molecule has 0 saturated heterocycles. The smallest absolute Gasteiger partial charge is 0.423 e. The van der Waals surface area contributed by atoms with Gasteiger partial charge < -0.3 is 4.74 Å². The van der Waals surface area contributed by atoms with Gasteiger partial charge in [0, 0.05) is 20.0 Å². The van der Waals surface area contributed by atoms with E-state index in [4.69, 9.17) is 5.73 Å². The van der Waals surface area contributed by atoms with Crippen molar-refractivity contribution < 1.29 is 14.3 Å². The van der Waals surface area contributed by atoms with E-state index in [1.165, 1.54) is 12.1 Å². The molecule has 0 aromatic rings. The average molecular weight is 230 g/mol. The highest BCUT2D eigenvalue weighted by Gasteiger charge is 2.05. The lowest BCUT2D eigenvalue weighted by atomic mass is 10.1. The Hall–Kier alpha value is -1.30. The number of hydrazine groups is 1. The van der Waals surface area contributed by atoms with E-state index in [0.717, 1.165) is 25.7 Å². The van der Waals surface area contributed by atoms with Gasteiger partial charge in [-0.05, 0) is 12.8 Å². The van der Waals surface area contributed by atoms with Crippen LogP contribution in [0.5, 0.6) is 0 Å². The molecule has 0 aliphatic heterocycles. The molecule has 0 rings (SSSR count). The van der Waals surface area contributed by atoms with Crippen molar-refractivity contribution in [3.8, 4) is 0 Å². The second-order valence-corrected chi connectivity index (χ2v) is 3.52. The van der Waals surface area contributed by atoms with E-state index < -0.39 is 12.0 Å². The van der Waals surface area contributed by atoms with Crippen molar-refractivity contribution in [2.75, 3.05) is 20.7 Å². The third-order valence-corrected chi connectivity index (χ3v) is 2.13. The van der Waals surface area contributed by atoms with Crippen LogP contribution in [0.1, 0.15) is 32.1 Å². The molecule has 0 aromatic heterocycles. The van der Waals surface area contributed by atoms with Crippen molar-refractivity contribution in [3.05, 3.63) is 0 Å². The molecule has 0 aliphatic carbocycles. The highest BCUT2D eigenvalue weighted by Crippen LogP contribution is 2.02. The standard InChI is InChI=1S/C10H20N3O3/c1-13(10(15)16-2)12-8-6-4-3-5-7-9(11)14/h11-12H,3-8H2,1-2H3. The fourth-order valence-corrected chi connectivity index (χ4v) is 1.21. The third kappa shape index (κ3) is 8.05. The summed E-state index contributed by atoms with van der Waals surface area (Å²) in [7, 11) is 2.93. The SMILES string of the molecule is COC(=O)N(C)NCCCCCCC([NH])=O. The summed E-state index contributed by atoms with van der Waals surface area (Å²) in [6, 6.07) is 0. The summed E-state index contributed by atoms with van der Waals surface area (Å²) < 4.78 is 4.50. The Morgan fingerprint density at radius 1 is 1.25 bits per heavy atom. The Bertz CT molecular complexity index is 221. The number of amides is 2. The second-order valence-electron chi connectivity index (χ2n) is 3.52. The maximum atomic E-state index is 10.9. The lowest BCUT2D eigenvalue weighted by molar-refractivity contribution is -0.118. The number of carbonyl (C=O) groups is 2. The Morgan fingerprint density at radius 3 is 2.44 bits per heavy atom. The number of methoxy groups -OCH3 is 1. The summed E-state index contributed by atoms with van der Waals surface area (Å²) in [5.41, 5.74) is 9.60. The number of ether oxygens (including phenoxy) is 1. The topological polar surface area (TPSA) is 82.4 Å². The molecule has 0 saturated carbocycles. The van der Waals surface area contributed by atoms with E-state index in [-0.39, 0.29) is 0 Å². The van der Waals surface area contributed by atoms with Crippen molar-refractivity contribution in [2.24, 2.45) is 0 Å². The van der Waals surface area contributed by atoms with Crippen LogP contribution in [0.2, 0.25) is 0 Å². The van der Waals surface area contributed by atoms with E-state index in [1.807, 2.05) is 0 Å². The first-order valence-corrected chi connectivity index (χ1v) is 5.37. The lowest BCUT2D eigenvalue weighted by Gasteiger charge is -2.16. The van der Waals surface area contributed by atoms with Gasteiger partial charge in [0.2, 0.25) is 5.91 Å². The molecule has 0 atom stereocenters. The highest BCUT2D eigenvalue weighted by atomic mass is 16.5. The van der Waals surface area contributed by atoms with Gasteiger partial charge in [-0.25, -0.2) is 15.2 Å². The molecule has 1 radical (unpaired) electrons. The first-order chi connectivity index (χ1) is 7.57. The number of rotatable bonds is 8. The van der Waals surface area contributed by atoms with Crippen LogP contribution in [0.25, 0.3) is 0 Å². The van der Waals surface area contributed by atoms with Crippen LogP contribution < -0.4 is 11.2 Å². The maximum absolute atomic E-state index is 10.9. The molecule has 0 aromatic carbocycles. The minimum Gasteiger partial charge on any atom is -0.452 e. The predicted octanol–water partition coefficient (Wildman–Crippen LogP) is 0.949. The normalized spacial score (nSPS) is 9.88. The highest BCUT2D eigenvalue weighted by molar-refractivity contribution is 5.72. The fraction of sp³-hybridized carbons (Fsp3) is 0.800. The molecule has 0 bridgehead atoms. The largest absolute Gasteiger partial charge is 0.452 e. The van der Waals surface area contributed by atoms with Crippen LogP contribution in [0.3, 0.4) is 0 Å². The molecular weight excluding hydrogens is 210 g/mol. The first kappa shape index (κ1) is 14.7. The zero-order valence-electron chi connectivity index (χ0n) is 9.91. The monoisotopic (exact) mass is 230 g/mol. The van der Waals surface area contributed by atoms with Crippen LogP contribution >= 0.6 is 0 Å². The quantitative estimate of drug-likeness (QED) is 0.497. The van der Waals surface area contributed by atoms with Gasteiger partial charge in [-0.15, -0.1) is 0 Å². The minimum atomic E-state index is -0.497. The van der Waals surface area contributed by atoms with E-state index in [2.05, 4.69) is 10.2 Å². The number of unbranched alkanes of at least 4 members (excludes halogenated alkanes) is 3. The summed E-state index contributed by atoms with van der Waals surface area (Å²) in [6.45, 7) is 0.695. The molecule has 6 heteroatoms. The minimum absolute atomic E-state index is 0.343. The molecule has 16 heavy (non-hydrogen) atoms. The Kier molecular flexibility index (Phi) is 8.24. The molecule has 93 valence electrons. The van der Waals surface area contributed by atoms with Gasteiger partial charge in [-0.3, -0.25) is 10.5 Å². The molecule has 0 aliphatic rings. The van der Waals surface area contributed by atoms with Crippen LogP contribution in [-0.2, 0) is 9.53 Å². The molecule has 0 spiro atoms. The number of carbonyl (C=O) groups excluding carboxylic acids is 2. The molecule has 0 unspecified atom stereocenters. The van der Waals surface area contributed by atoms with Gasteiger partial charge in [0.1, 0.15) is 0 Å². The summed E-state index contributed by atoms with van der Waals surface area (Å²) in [4.78, 5) is 21.3. The molecule has 2 amide bonds. The maximum Gasteiger partial charge on any atom is 0.423 e. The van der Waals surface area contributed by atoms with Crippen molar-refractivity contribution in [3.63, 3.8) is 0 Å². The molecular formula is C10H20N3O3. The predicted molar refractivity (Wildman–Crippen MR) is 59.4 cm³/mol. The zero-order valence-corrected chi connectivity index (χ0v) is 9.91. The Morgan fingerprint density at radius 2 is 1.88 bits per heavy atom. The van der Waals surface area contributed by atoms with Crippen LogP contribution in [0.15, 0.2) is 0 Å². The zero-order chi connectivity index (χ0) is 12.4. The summed E-state index contributed by atoms with van der Waals surface area (Å²) in [5.74, 6) is -0.497.